The van der Waals surface area contributed by atoms with E-state index in [1.54, 1.807) is 6.26 Å². The first kappa shape index (κ1) is 17.9. The molecular formula is C18H31N3O2. The van der Waals surface area contributed by atoms with Gasteiger partial charge in [0, 0.05) is 13.1 Å². The van der Waals surface area contributed by atoms with Gasteiger partial charge in [0.1, 0.15) is 5.76 Å². The summed E-state index contributed by atoms with van der Waals surface area (Å²) in [4.78, 5) is 14.4. The lowest BCUT2D eigenvalue weighted by Crippen LogP contribution is -2.44. The van der Waals surface area contributed by atoms with Gasteiger partial charge < -0.3 is 15.1 Å². The second-order valence-electron chi connectivity index (χ2n) is 7.07. The largest absolute Gasteiger partial charge is 0.468 e. The average Bonchev–Trinajstić information content (AvgIpc) is 3.03. The number of nitrogens with one attached hydrogen (secondary N) is 2. The maximum absolute atomic E-state index is 12.0. The molecule has 0 saturated carbocycles. The number of furan rings is 1. The summed E-state index contributed by atoms with van der Waals surface area (Å²) in [7, 11) is 0. The van der Waals surface area contributed by atoms with Crippen molar-refractivity contribution in [2.75, 3.05) is 26.2 Å². The fourth-order valence-corrected chi connectivity index (χ4v) is 2.96. The number of hydrogen-bond acceptors (Lipinski definition) is 3. The van der Waals surface area contributed by atoms with Crippen LogP contribution in [0.3, 0.4) is 0 Å². The summed E-state index contributed by atoms with van der Waals surface area (Å²) in [6.45, 7) is 10.0. The zero-order chi connectivity index (χ0) is 16.7. The molecule has 1 fully saturated rings. The van der Waals surface area contributed by atoms with Crippen molar-refractivity contribution in [3.8, 4) is 0 Å². The first-order valence-corrected chi connectivity index (χ1v) is 8.85. The maximum atomic E-state index is 12.0. The molecular weight excluding hydrogens is 290 g/mol. The third-order valence-electron chi connectivity index (χ3n) is 4.59. The van der Waals surface area contributed by atoms with Crippen molar-refractivity contribution in [1.82, 2.24) is 15.5 Å². The highest BCUT2D eigenvalue weighted by Crippen LogP contribution is 2.26. The van der Waals surface area contributed by atoms with E-state index < -0.39 is 0 Å². The first-order chi connectivity index (χ1) is 11.1. The molecule has 5 nitrogen and oxygen atoms in total. The molecule has 0 aromatic carbocycles. The van der Waals surface area contributed by atoms with E-state index in [0.29, 0.717) is 12.5 Å². The Morgan fingerprint density at radius 1 is 1.35 bits per heavy atom. The molecule has 0 radical (unpaired) electrons. The van der Waals surface area contributed by atoms with Crippen LogP contribution in [0, 0.1) is 11.8 Å². The summed E-state index contributed by atoms with van der Waals surface area (Å²) in [5.41, 5.74) is 0. The van der Waals surface area contributed by atoms with E-state index in [-0.39, 0.29) is 12.1 Å². The van der Waals surface area contributed by atoms with Crippen LogP contribution >= 0.6 is 0 Å². The number of rotatable bonds is 7. The van der Waals surface area contributed by atoms with Gasteiger partial charge >= 0.3 is 6.03 Å². The van der Waals surface area contributed by atoms with Crippen molar-refractivity contribution >= 4 is 6.03 Å². The van der Waals surface area contributed by atoms with Gasteiger partial charge in [-0.1, -0.05) is 20.8 Å². The smallest absolute Gasteiger partial charge is 0.314 e. The maximum Gasteiger partial charge on any atom is 0.314 e. The molecule has 1 aromatic rings. The number of amides is 2. The number of carbonyl (C=O) groups excluding carboxylic acids is 1. The Morgan fingerprint density at radius 2 is 2.09 bits per heavy atom. The van der Waals surface area contributed by atoms with Crippen LogP contribution in [0.15, 0.2) is 22.8 Å². The first-order valence-electron chi connectivity index (χ1n) is 8.85. The minimum absolute atomic E-state index is 0.0902. The van der Waals surface area contributed by atoms with E-state index in [0.717, 1.165) is 37.7 Å². The molecule has 0 bridgehead atoms. The lowest BCUT2D eigenvalue weighted by atomic mass is 9.97. The number of likely N-dealkylation sites (tertiary alicyclic amines) is 1. The van der Waals surface area contributed by atoms with Crippen molar-refractivity contribution in [3.63, 3.8) is 0 Å². The van der Waals surface area contributed by atoms with Gasteiger partial charge in [-0.2, -0.15) is 0 Å². The van der Waals surface area contributed by atoms with Crippen LogP contribution in [-0.4, -0.2) is 37.1 Å². The molecule has 23 heavy (non-hydrogen) atoms. The minimum Gasteiger partial charge on any atom is -0.468 e. The van der Waals surface area contributed by atoms with Gasteiger partial charge in [-0.15, -0.1) is 0 Å². The second-order valence-corrected chi connectivity index (χ2v) is 7.07. The van der Waals surface area contributed by atoms with Crippen LogP contribution in [-0.2, 0) is 0 Å². The van der Waals surface area contributed by atoms with Crippen LogP contribution in [0.1, 0.15) is 51.8 Å². The number of carbonyl (C=O) groups is 1. The topological polar surface area (TPSA) is 57.5 Å². The molecule has 1 unspecified atom stereocenters. The van der Waals surface area contributed by atoms with Crippen molar-refractivity contribution < 1.29 is 9.21 Å². The molecule has 1 aliphatic heterocycles. The summed E-state index contributed by atoms with van der Waals surface area (Å²) in [5.74, 6) is 2.32. The number of hydrogen-bond donors (Lipinski definition) is 2. The number of piperidine rings is 1. The van der Waals surface area contributed by atoms with Gasteiger partial charge in [0.05, 0.1) is 12.3 Å². The highest BCUT2D eigenvalue weighted by molar-refractivity contribution is 5.73. The third-order valence-corrected chi connectivity index (χ3v) is 4.59. The Bertz CT molecular complexity index is 451. The molecule has 0 spiro atoms. The van der Waals surface area contributed by atoms with Gasteiger partial charge in [-0.3, -0.25) is 4.90 Å². The van der Waals surface area contributed by atoms with E-state index in [1.165, 1.54) is 12.8 Å². The van der Waals surface area contributed by atoms with Crippen molar-refractivity contribution in [1.29, 1.82) is 0 Å². The summed E-state index contributed by atoms with van der Waals surface area (Å²) in [5, 5.41) is 5.93. The van der Waals surface area contributed by atoms with E-state index in [9.17, 15) is 4.79 Å². The SMILES string of the molecule is CC(C)CCNC(=O)NCC(c1ccco1)N1CCC(C)CC1. The van der Waals surface area contributed by atoms with Gasteiger partial charge in [0.25, 0.3) is 0 Å². The molecule has 1 aliphatic rings. The van der Waals surface area contributed by atoms with Gasteiger partial charge in [0.2, 0.25) is 0 Å². The zero-order valence-corrected chi connectivity index (χ0v) is 14.7. The van der Waals surface area contributed by atoms with Crippen LogP contribution in [0.5, 0.6) is 0 Å². The Kier molecular flexibility index (Phi) is 6.96. The fourth-order valence-electron chi connectivity index (χ4n) is 2.96. The molecule has 2 N–H and O–H groups in total. The lowest BCUT2D eigenvalue weighted by molar-refractivity contribution is 0.122. The minimum atomic E-state index is -0.0902. The lowest BCUT2D eigenvalue weighted by Gasteiger charge is -2.35. The monoisotopic (exact) mass is 321 g/mol. The quantitative estimate of drug-likeness (QED) is 0.809. The third kappa shape index (κ3) is 5.90. The highest BCUT2D eigenvalue weighted by atomic mass is 16.3. The average molecular weight is 321 g/mol. The number of nitrogens with zero attached hydrogens (tertiary/aromatic N) is 1. The molecule has 2 heterocycles. The summed E-state index contributed by atoms with van der Waals surface area (Å²) >= 11 is 0. The van der Waals surface area contributed by atoms with E-state index >= 15 is 0 Å². The Balaban J connectivity index is 1.85. The standard InChI is InChI=1S/C18H31N3O2/c1-14(2)6-9-19-18(22)20-13-16(17-5-4-12-23-17)21-10-7-15(3)8-11-21/h4-5,12,14-16H,6-11,13H2,1-3H3,(H2,19,20,22). The van der Waals surface area contributed by atoms with Crippen LogP contribution in [0.4, 0.5) is 4.79 Å². The van der Waals surface area contributed by atoms with Crippen molar-refractivity contribution in [2.24, 2.45) is 11.8 Å². The molecule has 1 saturated heterocycles. The second kappa shape index (κ2) is 8.96. The van der Waals surface area contributed by atoms with Crippen LogP contribution in [0.2, 0.25) is 0 Å². The summed E-state index contributed by atoms with van der Waals surface area (Å²) < 4.78 is 5.61. The molecule has 5 heteroatoms. The van der Waals surface area contributed by atoms with E-state index in [2.05, 4.69) is 36.3 Å². The summed E-state index contributed by atoms with van der Waals surface area (Å²) in [6, 6.07) is 3.94. The van der Waals surface area contributed by atoms with Gasteiger partial charge in [0.15, 0.2) is 0 Å². The molecule has 1 aromatic heterocycles. The molecule has 2 amide bonds. The van der Waals surface area contributed by atoms with Crippen molar-refractivity contribution in [2.45, 2.75) is 46.1 Å². The van der Waals surface area contributed by atoms with E-state index in [4.69, 9.17) is 4.42 Å². The Morgan fingerprint density at radius 3 is 2.70 bits per heavy atom. The summed E-state index contributed by atoms with van der Waals surface area (Å²) in [6.07, 6.45) is 5.12. The normalized spacial score (nSPS) is 18.1. The molecule has 0 aliphatic carbocycles. The predicted molar refractivity (Wildman–Crippen MR) is 92.3 cm³/mol. The number of urea groups is 1. The Hall–Kier alpha value is -1.49. The van der Waals surface area contributed by atoms with Crippen LogP contribution in [0.25, 0.3) is 0 Å². The Labute approximate surface area is 139 Å². The van der Waals surface area contributed by atoms with Gasteiger partial charge in [-0.25, -0.2) is 4.79 Å². The predicted octanol–water partition coefficient (Wildman–Crippen LogP) is 3.40. The fraction of sp³-hybridized carbons (Fsp3) is 0.722. The highest BCUT2D eigenvalue weighted by Gasteiger charge is 2.26. The molecule has 130 valence electrons. The van der Waals surface area contributed by atoms with Crippen molar-refractivity contribution in [3.05, 3.63) is 24.2 Å². The van der Waals surface area contributed by atoms with Gasteiger partial charge in [-0.05, 0) is 56.3 Å². The van der Waals surface area contributed by atoms with E-state index in [1.807, 2.05) is 12.1 Å². The van der Waals surface area contributed by atoms with Crippen LogP contribution < -0.4 is 10.6 Å². The zero-order valence-electron chi connectivity index (χ0n) is 14.7. The molecule has 1 atom stereocenters. The molecule has 2 rings (SSSR count).